The van der Waals surface area contributed by atoms with Gasteiger partial charge in [0, 0.05) is 13.7 Å². The Morgan fingerprint density at radius 2 is 2.25 bits per heavy atom. The molecular formula is C13H17ClN2O4. The van der Waals surface area contributed by atoms with Crippen LogP contribution >= 0.6 is 11.6 Å². The summed E-state index contributed by atoms with van der Waals surface area (Å²) in [6.07, 6.45) is 0. The van der Waals surface area contributed by atoms with E-state index in [1.807, 2.05) is 0 Å². The number of rotatable bonds is 5. The Morgan fingerprint density at radius 1 is 1.50 bits per heavy atom. The van der Waals surface area contributed by atoms with E-state index in [-0.39, 0.29) is 12.5 Å². The molecule has 2 rings (SSSR count). The van der Waals surface area contributed by atoms with Gasteiger partial charge in [0.05, 0.1) is 11.6 Å². The van der Waals surface area contributed by atoms with Gasteiger partial charge < -0.3 is 25.3 Å². The molecule has 0 aliphatic carbocycles. The molecule has 0 spiro atoms. The third-order valence-corrected chi connectivity index (χ3v) is 3.09. The first-order chi connectivity index (χ1) is 9.61. The fourth-order valence-corrected chi connectivity index (χ4v) is 2.13. The van der Waals surface area contributed by atoms with E-state index in [9.17, 15) is 4.79 Å². The Hall–Kier alpha value is -1.50. The first-order valence-corrected chi connectivity index (χ1v) is 6.60. The lowest BCUT2D eigenvalue weighted by Crippen LogP contribution is -2.43. The quantitative estimate of drug-likeness (QED) is 0.836. The van der Waals surface area contributed by atoms with Crippen molar-refractivity contribution in [1.29, 1.82) is 0 Å². The summed E-state index contributed by atoms with van der Waals surface area (Å²) in [5.74, 6) is 0.858. The van der Waals surface area contributed by atoms with Gasteiger partial charge in [0.25, 0.3) is 0 Å². The van der Waals surface area contributed by atoms with Crippen molar-refractivity contribution >= 4 is 17.5 Å². The number of nitrogens with two attached hydrogens (primary N) is 1. The zero-order chi connectivity index (χ0) is 14.5. The van der Waals surface area contributed by atoms with Gasteiger partial charge in [-0.1, -0.05) is 11.6 Å². The molecule has 1 aromatic rings. The van der Waals surface area contributed by atoms with Gasteiger partial charge in [0.15, 0.2) is 11.5 Å². The standard InChI is InChI=1S/C13H17ClN2O4/c1-18-7-10(15)13(17)16-6-8-4-9(14)12-11(5-8)19-2-3-20-12/h4-5,10H,2-3,6-7,15H2,1H3,(H,16,17). The number of hydrogen-bond acceptors (Lipinski definition) is 5. The molecule has 1 aliphatic heterocycles. The molecular weight excluding hydrogens is 284 g/mol. The van der Waals surface area contributed by atoms with E-state index in [4.69, 9.17) is 31.5 Å². The predicted octanol–water partition coefficient (Wildman–Crippen LogP) is 0.701. The second kappa shape index (κ2) is 6.78. The van der Waals surface area contributed by atoms with E-state index < -0.39 is 6.04 Å². The van der Waals surface area contributed by atoms with Crippen LogP contribution in [0.4, 0.5) is 0 Å². The Labute approximate surface area is 122 Å². The lowest BCUT2D eigenvalue weighted by Gasteiger charge is -2.20. The summed E-state index contributed by atoms with van der Waals surface area (Å²) in [7, 11) is 1.49. The second-order valence-corrected chi connectivity index (χ2v) is 4.79. The number of hydrogen-bond donors (Lipinski definition) is 2. The molecule has 0 aromatic heterocycles. The highest BCUT2D eigenvalue weighted by molar-refractivity contribution is 6.32. The van der Waals surface area contributed by atoms with Crippen molar-refractivity contribution < 1.29 is 19.0 Å². The summed E-state index contributed by atoms with van der Waals surface area (Å²) in [6.45, 7) is 1.45. The SMILES string of the molecule is COCC(N)C(=O)NCc1cc(Cl)c2c(c1)OCCO2. The van der Waals surface area contributed by atoms with Gasteiger partial charge in [-0.2, -0.15) is 0 Å². The molecule has 1 unspecified atom stereocenters. The topological polar surface area (TPSA) is 82.8 Å². The molecule has 0 bridgehead atoms. The molecule has 110 valence electrons. The zero-order valence-electron chi connectivity index (χ0n) is 11.1. The number of amides is 1. The summed E-state index contributed by atoms with van der Waals surface area (Å²) >= 11 is 6.11. The van der Waals surface area contributed by atoms with E-state index in [2.05, 4.69) is 5.32 Å². The Balaban J connectivity index is 2.00. The highest BCUT2D eigenvalue weighted by Crippen LogP contribution is 2.38. The molecule has 6 nitrogen and oxygen atoms in total. The van der Waals surface area contributed by atoms with E-state index >= 15 is 0 Å². The van der Waals surface area contributed by atoms with Gasteiger partial charge in [0.2, 0.25) is 5.91 Å². The van der Waals surface area contributed by atoms with Crippen LogP contribution in [0.3, 0.4) is 0 Å². The number of ether oxygens (including phenoxy) is 3. The first kappa shape index (κ1) is 14.9. The molecule has 0 fully saturated rings. The van der Waals surface area contributed by atoms with Gasteiger partial charge >= 0.3 is 0 Å². The fourth-order valence-electron chi connectivity index (χ4n) is 1.84. The number of fused-ring (bicyclic) bond motifs is 1. The molecule has 1 atom stereocenters. The molecule has 20 heavy (non-hydrogen) atoms. The van der Waals surface area contributed by atoms with Gasteiger partial charge in [-0.25, -0.2) is 0 Å². The molecule has 7 heteroatoms. The maximum Gasteiger partial charge on any atom is 0.239 e. The van der Waals surface area contributed by atoms with E-state index in [1.54, 1.807) is 12.1 Å². The summed E-state index contributed by atoms with van der Waals surface area (Å²) in [4.78, 5) is 11.7. The van der Waals surface area contributed by atoms with Crippen molar-refractivity contribution in [2.24, 2.45) is 5.73 Å². The Bertz CT molecular complexity index is 496. The minimum absolute atomic E-state index is 0.174. The lowest BCUT2D eigenvalue weighted by molar-refractivity contribution is -0.123. The number of carbonyl (C=O) groups is 1. The van der Waals surface area contributed by atoms with Crippen molar-refractivity contribution in [3.8, 4) is 11.5 Å². The predicted molar refractivity (Wildman–Crippen MR) is 74.1 cm³/mol. The molecule has 0 saturated heterocycles. The molecule has 1 aliphatic rings. The average Bonchev–Trinajstić information content (AvgIpc) is 2.45. The first-order valence-electron chi connectivity index (χ1n) is 6.22. The maximum absolute atomic E-state index is 11.7. The smallest absolute Gasteiger partial charge is 0.239 e. The zero-order valence-corrected chi connectivity index (χ0v) is 11.9. The monoisotopic (exact) mass is 300 g/mol. The number of methoxy groups -OCH3 is 1. The number of nitrogens with one attached hydrogen (secondary N) is 1. The molecule has 1 heterocycles. The van der Waals surface area contributed by atoms with Gasteiger partial charge in [0.1, 0.15) is 19.3 Å². The van der Waals surface area contributed by atoms with Gasteiger partial charge in [-0.3, -0.25) is 4.79 Å². The summed E-state index contributed by atoms with van der Waals surface area (Å²) < 4.78 is 15.7. The minimum Gasteiger partial charge on any atom is -0.486 e. The maximum atomic E-state index is 11.7. The van der Waals surface area contributed by atoms with Gasteiger partial charge in [-0.15, -0.1) is 0 Å². The normalized spacial score (nSPS) is 14.8. The van der Waals surface area contributed by atoms with Crippen molar-refractivity contribution in [2.45, 2.75) is 12.6 Å². The fraction of sp³-hybridized carbons (Fsp3) is 0.462. The van der Waals surface area contributed by atoms with Crippen molar-refractivity contribution in [3.63, 3.8) is 0 Å². The highest BCUT2D eigenvalue weighted by atomic mass is 35.5. The van der Waals surface area contributed by atoms with Gasteiger partial charge in [-0.05, 0) is 17.7 Å². The Morgan fingerprint density at radius 3 is 3.00 bits per heavy atom. The van der Waals surface area contributed by atoms with E-state index in [0.29, 0.717) is 36.3 Å². The second-order valence-electron chi connectivity index (χ2n) is 4.38. The van der Waals surface area contributed by atoms with Crippen LogP contribution in [0.25, 0.3) is 0 Å². The van der Waals surface area contributed by atoms with Crippen LogP contribution in [0, 0.1) is 0 Å². The third-order valence-electron chi connectivity index (χ3n) is 2.81. The number of carbonyl (C=O) groups excluding carboxylic acids is 1. The van der Waals surface area contributed by atoms with Crippen LogP contribution in [0.15, 0.2) is 12.1 Å². The lowest BCUT2D eigenvalue weighted by atomic mass is 10.2. The minimum atomic E-state index is -0.687. The largest absolute Gasteiger partial charge is 0.486 e. The van der Waals surface area contributed by atoms with Crippen LogP contribution in [0.1, 0.15) is 5.56 Å². The van der Waals surface area contributed by atoms with Crippen molar-refractivity contribution in [3.05, 3.63) is 22.7 Å². The molecule has 0 saturated carbocycles. The third kappa shape index (κ3) is 3.53. The van der Waals surface area contributed by atoms with Crippen molar-refractivity contribution in [1.82, 2.24) is 5.32 Å². The molecule has 3 N–H and O–H groups in total. The average molecular weight is 301 g/mol. The van der Waals surface area contributed by atoms with Crippen LogP contribution < -0.4 is 20.5 Å². The Kier molecular flexibility index (Phi) is 5.05. The summed E-state index contributed by atoms with van der Waals surface area (Å²) in [5.41, 5.74) is 6.44. The number of halogens is 1. The van der Waals surface area contributed by atoms with Crippen LogP contribution in [0.2, 0.25) is 5.02 Å². The molecule has 1 aromatic carbocycles. The molecule has 1 amide bonds. The van der Waals surface area contributed by atoms with E-state index in [1.165, 1.54) is 7.11 Å². The number of benzene rings is 1. The highest BCUT2D eigenvalue weighted by Gasteiger charge is 2.17. The van der Waals surface area contributed by atoms with Crippen LogP contribution in [-0.4, -0.2) is 38.9 Å². The summed E-state index contributed by atoms with van der Waals surface area (Å²) in [6, 6.07) is 2.84. The summed E-state index contributed by atoms with van der Waals surface area (Å²) in [5, 5.41) is 3.18. The van der Waals surface area contributed by atoms with E-state index in [0.717, 1.165) is 5.56 Å². The molecule has 0 radical (unpaired) electrons. The van der Waals surface area contributed by atoms with Crippen LogP contribution in [-0.2, 0) is 16.1 Å². The van der Waals surface area contributed by atoms with Crippen molar-refractivity contribution in [2.75, 3.05) is 26.9 Å². The van der Waals surface area contributed by atoms with Crippen LogP contribution in [0.5, 0.6) is 11.5 Å².